The Morgan fingerprint density at radius 1 is 0.950 bits per heavy atom. The average molecular weight is 591 g/mol. The maximum Gasteiger partial charge on any atom is 0.326 e. The highest BCUT2D eigenvalue weighted by Gasteiger charge is 2.29. The van der Waals surface area contributed by atoms with Crippen LogP contribution in [0.5, 0.6) is 0 Å². The largest absolute Gasteiger partial charge is 0.480 e. The number of fused-ring (bicyclic) bond motifs is 1. The molecule has 3 N–H and O–H groups in total. The second-order valence-electron chi connectivity index (χ2n) is 9.25. The van der Waals surface area contributed by atoms with E-state index < -0.39 is 24.1 Å². The summed E-state index contributed by atoms with van der Waals surface area (Å²) in [6, 6.07) is 22.5. The van der Waals surface area contributed by atoms with Gasteiger partial charge >= 0.3 is 12.0 Å². The van der Waals surface area contributed by atoms with Crippen LogP contribution < -0.4 is 10.6 Å². The Morgan fingerprint density at radius 2 is 1.62 bits per heavy atom. The molecule has 40 heavy (non-hydrogen) atoms. The fraction of sp³-hybridized carbons (Fsp3) is 0.200. The molecule has 204 valence electrons. The maximum absolute atomic E-state index is 13.0. The van der Waals surface area contributed by atoms with Gasteiger partial charge in [0.25, 0.3) is 0 Å². The molecule has 7 nitrogen and oxygen atoms in total. The number of carboxylic acid groups (broad SMARTS) is 1. The molecule has 1 aromatic heterocycles. The van der Waals surface area contributed by atoms with Gasteiger partial charge in [-0.05, 0) is 35.4 Å². The molecule has 3 atom stereocenters. The Balaban J connectivity index is 1.21. The number of halogens is 1. The number of aliphatic carboxylic acids is 1. The van der Waals surface area contributed by atoms with Crippen molar-refractivity contribution in [3.63, 3.8) is 0 Å². The van der Waals surface area contributed by atoms with Crippen molar-refractivity contribution in [3.05, 3.63) is 125 Å². The van der Waals surface area contributed by atoms with E-state index in [0.29, 0.717) is 16.5 Å². The summed E-state index contributed by atoms with van der Waals surface area (Å²) < 4.78 is 0.975. The fourth-order valence-electron chi connectivity index (χ4n) is 4.42. The Labute approximate surface area is 246 Å². The van der Waals surface area contributed by atoms with Crippen molar-refractivity contribution in [2.45, 2.75) is 35.5 Å². The third kappa shape index (κ3) is 7.35. The molecule has 10 heteroatoms. The molecule has 2 heterocycles. The minimum Gasteiger partial charge on any atom is -0.480 e. The van der Waals surface area contributed by atoms with Crippen molar-refractivity contribution in [2.24, 2.45) is 4.99 Å². The summed E-state index contributed by atoms with van der Waals surface area (Å²) >= 11 is 9.41. The van der Waals surface area contributed by atoms with Gasteiger partial charge in [0.15, 0.2) is 0 Å². The minimum atomic E-state index is -1.15. The zero-order valence-electron chi connectivity index (χ0n) is 21.3. The molecule has 3 unspecified atom stereocenters. The number of nitrogens with one attached hydrogen (secondary N) is 2. The number of nitrogens with zero attached hydrogens (tertiary/aromatic N) is 2. The molecule has 2 aliphatic rings. The summed E-state index contributed by atoms with van der Waals surface area (Å²) in [4.78, 5) is 34.5. The second-order valence-corrected chi connectivity index (χ2v) is 12.1. The van der Waals surface area contributed by atoms with E-state index in [4.69, 9.17) is 16.6 Å². The van der Waals surface area contributed by atoms with Crippen LogP contribution in [0.2, 0.25) is 0 Å². The molecular weight excluding hydrogens is 564 g/mol. The lowest BCUT2D eigenvalue weighted by atomic mass is 9.99. The van der Waals surface area contributed by atoms with Gasteiger partial charge in [-0.1, -0.05) is 108 Å². The van der Waals surface area contributed by atoms with Crippen molar-refractivity contribution in [2.75, 3.05) is 0 Å². The van der Waals surface area contributed by atoms with Crippen LogP contribution in [0.15, 0.2) is 107 Å². The topological polar surface area (TPSA) is 104 Å². The predicted molar refractivity (Wildman–Crippen MR) is 163 cm³/mol. The quantitative estimate of drug-likeness (QED) is 0.285. The number of benzene rings is 2. The Hall–Kier alpha value is -3.53. The van der Waals surface area contributed by atoms with Gasteiger partial charge < -0.3 is 15.7 Å². The van der Waals surface area contributed by atoms with Crippen molar-refractivity contribution in [1.29, 1.82) is 0 Å². The standard InChI is InChI=1S/C30H27ClN4O3S2/c31-21-14-15-26-24(16-21)34-30(40-26)39-18-23-13-7-12-22(32-23)17-25(28(36)37)33-29(38)35-27(19-8-3-1-4-9-19)20-10-5-2-6-11-20/h1-16,24-27H,17-18H2,(H,36,37)(H2,33,35,38). The van der Waals surface area contributed by atoms with Crippen molar-refractivity contribution in [3.8, 4) is 0 Å². The third-order valence-electron chi connectivity index (χ3n) is 6.37. The molecule has 0 fully saturated rings. The molecule has 0 bridgehead atoms. The lowest BCUT2D eigenvalue weighted by Gasteiger charge is -2.22. The Morgan fingerprint density at radius 3 is 2.30 bits per heavy atom. The fourth-order valence-corrected chi connectivity index (χ4v) is 6.89. The van der Waals surface area contributed by atoms with E-state index in [2.05, 4.69) is 21.7 Å². The monoisotopic (exact) mass is 590 g/mol. The van der Waals surface area contributed by atoms with E-state index in [1.165, 1.54) is 0 Å². The number of carboxylic acids is 1. The van der Waals surface area contributed by atoms with Gasteiger partial charge in [0.05, 0.1) is 23.0 Å². The van der Waals surface area contributed by atoms with E-state index >= 15 is 0 Å². The number of carbonyl (C=O) groups excluding carboxylic acids is 1. The van der Waals surface area contributed by atoms with Crippen LogP contribution in [0.1, 0.15) is 28.6 Å². The van der Waals surface area contributed by atoms with Crippen LogP contribution in [-0.2, 0) is 17.0 Å². The summed E-state index contributed by atoms with van der Waals surface area (Å²) in [5.41, 5.74) is 3.18. The van der Waals surface area contributed by atoms with Crippen LogP contribution in [-0.4, -0.2) is 43.8 Å². The van der Waals surface area contributed by atoms with Crippen molar-refractivity contribution >= 4 is 51.5 Å². The normalized spacial score (nSPS) is 18.4. The molecular formula is C30H27ClN4O3S2. The van der Waals surface area contributed by atoms with Gasteiger partial charge in [-0.2, -0.15) is 0 Å². The predicted octanol–water partition coefficient (Wildman–Crippen LogP) is 5.93. The third-order valence-corrected chi connectivity index (χ3v) is 9.07. The summed E-state index contributed by atoms with van der Waals surface area (Å²) in [7, 11) is 0. The molecule has 2 aromatic carbocycles. The number of rotatable bonds is 9. The minimum absolute atomic E-state index is 0.0521. The summed E-state index contributed by atoms with van der Waals surface area (Å²) in [5.74, 6) is -0.534. The van der Waals surface area contributed by atoms with Gasteiger partial charge in [-0.25, -0.2) is 9.59 Å². The van der Waals surface area contributed by atoms with Crippen LogP contribution in [0.25, 0.3) is 0 Å². The lowest BCUT2D eigenvalue weighted by molar-refractivity contribution is -0.139. The highest BCUT2D eigenvalue weighted by molar-refractivity contribution is 8.39. The van der Waals surface area contributed by atoms with Crippen LogP contribution in [0, 0.1) is 0 Å². The first-order chi connectivity index (χ1) is 19.4. The lowest BCUT2D eigenvalue weighted by Crippen LogP contribution is -2.48. The first-order valence-electron chi connectivity index (χ1n) is 12.7. The first-order valence-corrected chi connectivity index (χ1v) is 15.0. The van der Waals surface area contributed by atoms with Crippen LogP contribution in [0.3, 0.4) is 0 Å². The number of amides is 2. The van der Waals surface area contributed by atoms with Crippen molar-refractivity contribution in [1.82, 2.24) is 15.6 Å². The number of urea groups is 1. The zero-order valence-corrected chi connectivity index (χ0v) is 23.7. The SMILES string of the molecule is O=C(NC(Cc1cccc(CSC2=NC3C=C(Cl)C=CC3S2)n1)C(=O)O)NC(c1ccccc1)c1ccccc1. The molecule has 5 rings (SSSR count). The smallest absolute Gasteiger partial charge is 0.326 e. The summed E-state index contributed by atoms with van der Waals surface area (Å²) in [6.07, 6.45) is 5.99. The van der Waals surface area contributed by atoms with Crippen LogP contribution in [0.4, 0.5) is 4.79 Å². The molecule has 2 amide bonds. The van der Waals surface area contributed by atoms with Gasteiger partial charge in [-0.3, -0.25) is 9.98 Å². The number of pyridine rings is 1. The van der Waals surface area contributed by atoms with E-state index in [1.54, 1.807) is 29.6 Å². The molecule has 1 aliphatic carbocycles. The number of aromatic nitrogens is 1. The first kappa shape index (κ1) is 28.0. The highest BCUT2D eigenvalue weighted by Crippen LogP contribution is 2.38. The van der Waals surface area contributed by atoms with Gasteiger partial charge in [0.2, 0.25) is 0 Å². The molecule has 0 radical (unpaired) electrons. The number of carbonyl (C=O) groups is 2. The van der Waals surface area contributed by atoms with E-state index in [0.717, 1.165) is 21.2 Å². The van der Waals surface area contributed by atoms with Gasteiger partial charge in [0, 0.05) is 22.9 Å². The number of hydrogen-bond acceptors (Lipinski definition) is 6. The van der Waals surface area contributed by atoms with E-state index in [-0.39, 0.29) is 17.7 Å². The van der Waals surface area contributed by atoms with Gasteiger partial charge in [0.1, 0.15) is 10.4 Å². The van der Waals surface area contributed by atoms with E-state index in [1.807, 2.05) is 84.9 Å². The maximum atomic E-state index is 13.0. The number of aliphatic imine (C=N–C) groups is 1. The highest BCUT2D eigenvalue weighted by atomic mass is 35.5. The Bertz CT molecular complexity index is 1410. The molecule has 1 aliphatic heterocycles. The zero-order chi connectivity index (χ0) is 27.9. The molecule has 0 saturated carbocycles. The van der Waals surface area contributed by atoms with Gasteiger partial charge in [-0.15, -0.1) is 0 Å². The number of allylic oxidation sites excluding steroid dienone is 2. The summed E-state index contributed by atoms with van der Waals surface area (Å²) in [6.45, 7) is 0. The number of thioether (sulfide) groups is 2. The molecule has 0 saturated heterocycles. The Kier molecular flexibility index (Phi) is 9.26. The van der Waals surface area contributed by atoms with Crippen LogP contribution >= 0.6 is 35.1 Å². The van der Waals surface area contributed by atoms with E-state index in [9.17, 15) is 14.7 Å². The van der Waals surface area contributed by atoms with Crippen molar-refractivity contribution < 1.29 is 14.7 Å². The molecule has 3 aromatic rings. The molecule has 0 spiro atoms. The number of hydrogen-bond donors (Lipinski definition) is 3. The average Bonchev–Trinajstić information content (AvgIpc) is 3.37. The summed E-state index contributed by atoms with van der Waals surface area (Å²) in [5, 5.41) is 16.4. The second kappa shape index (κ2) is 13.2.